The molecule has 2 aliphatic heterocycles. The minimum absolute atomic E-state index is 0.300. The highest BCUT2D eigenvalue weighted by Gasteiger charge is 2.43. The quantitative estimate of drug-likeness (QED) is 0.253. The Labute approximate surface area is 231 Å². The van der Waals surface area contributed by atoms with Crippen LogP contribution in [0.1, 0.15) is 11.1 Å². The molecule has 42 heavy (non-hydrogen) atoms. The van der Waals surface area contributed by atoms with Crippen LogP contribution in [0.4, 0.5) is 37.7 Å². The summed E-state index contributed by atoms with van der Waals surface area (Å²) in [4.78, 5) is 48.9. The number of nitrogens with zero attached hydrogens (tertiary/aromatic N) is 2. The molecular weight excluding hydrogens is 574 g/mol. The summed E-state index contributed by atoms with van der Waals surface area (Å²) in [5.74, 6) is -6.18. The summed E-state index contributed by atoms with van der Waals surface area (Å²) >= 11 is 0. The standard InChI is InChI=1S/C28H14F6N2O6/c29-27(30,31)25-17(35-21(37)10-11-22(35)38)6-2-8-19(25)41-15-4-1-5-16(14-15)42-20-9-3-7-18(26(20)28(32,33)34)36-23(39)12-13-24(36)40/h1-14H. The lowest BCUT2D eigenvalue weighted by molar-refractivity contribution is -0.139. The van der Waals surface area contributed by atoms with Crippen molar-refractivity contribution in [1.82, 2.24) is 0 Å². The monoisotopic (exact) mass is 588 g/mol. The molecule has 0 atom stereocenters. The van der Waals surface area contributed by atoms with E-state index in [1.165, 1.54) is 18.2 Å². The maximum atomic E-state index is 14.1. The van der Waals surface area contributed by atoms with Gasteiger partial charge in [-0.25, -0.2) is 9.80 Å². The van der Waals surface area contributed by atoms with Gasteiger partial charge in [0.05, 0.1) is 11.4 Å². The van der Waals surface area contributed by atoms with E-state index in [1.807, 2.05) is 0 Å². The Bertz CT molecular complexity index is 1550. The van der Waals surface area contributed by atoms with Crippen LogP contribution in [0.25, 0.3) is 0 Å². The third-order valence-corrected chi connectivity index (χ3v) is 5.94. The van der Waals surface area contributed by atoms with Crippen LogP contribution in [0, 0.1) is 0 Å². The molecule has 2 aliphatic rings. The first-order chi connectivity index (χ1) is 19.8. The minimum Gasteiger partial charge on any atom is -0.457 e. The maximum absolute atomic E-state index is 14.1. The van der Waals surface area contributed by atoms with E-state index in [0.29, 0.717) is 9.80 Å². The van der Waals surface area contributed by atoms with Gasteiger partial charge in [-0.3, -0.25) is 19.2 Å². The summed E-state index contributed by atoms with van der Waals surface area (Å²) < 4.78 is 95.6. The van der Waals surface area contributed by atoms with Crippen LogP contribution in [-0.4, -0.2) is 23.6 Å². The molecule has 3 aromatic rings. The number of amides is 4. The van der Waals surface area contributed by atoms with Crippen molar-refractivity contribution in [2.45, 2.75) is 12.4 Å². The summed E-state index contributed by atoms with van der Waals surface area (Å²) in [5.41, 5.74) is -4.44. The summed E-state index contributed by atoms with van der Waals surface area (Å²) in [6.07, 6.45) is -6.94. The summed E-state index contributed by atoms with van der Waals surface area (Å²) in [6.45, 7) is 0. The number of benzene rings is 3. The Morgan fingerprint density at radius 2 is 0.833 bits per heavy atom. The van der Waals surface area contributed by atoms with Gasteiger partial charge in [-0.2, -0.15) is 26.3 Å². The summed E-state index contributed by atoms with van der Waals surface area (Å²) in [6, 6.07) is 10.6. The highest BCUT2D eigenvalue weighted by Crippen LogP contribution is 2.47. The van der Waals surface area contributed by atoms with E-state index in [2.05, 4.69) is 0 Å². The number of carbonyl (C=O) groups is 4. The molecule has 0 aromatic heterocycles. The van der Waals surface area contributed by atoms with Crippen LogP contribution in [0.3, 0.4) is 0 Å². The lowest BCUT2D eigenvalue weighted by Crippen LogP contribution is -2.31. The molecule has 14 heteroatoms. The Balaban J connectivity index is 1.50. The molecule has 0 saturated heterocycles. The number of ether oxygens (including phenoxy) is 2. The highest BCUT2D eigenvalue weighted by molar-refractivity contribution is 6.29. The van der Waals surface area contributed by atoms with E-state index >= 15 is 0 Å². The van der Waals surface area contributed by atoms with Crippen molar-refractivity contribution >= 4 is 35.0 Å². The average Bonchev–Trinajstić information content (AvgIpc) is 3.41. The summed E-state index contributed by atoms with van der Waals surface area (Å²) in [5, 5.41) is 0. The highest BCUT2D eigenvalue weighted by atomic mass is 19.4. The van der Waals surface area contributed by atoms with Crippen molar-refractivity contribution in [2.24, 2.45) is 0 Å². The zero-order valence-electron chi connectivity index (χ0n) is 20.7. The lowest BCUT2D eigenvalue weighted by atomic mass is 10.1. The molecule has 4 amide bonds. The van der Waals surface area contributed by atoms with Crippen LogP contribution in [0.15, 0.2) is 85.0 Å². The van der Waals surface area contributed by atoms with Gasteiger partial charge >= 0.3 is 12.4 Å². The molecule has 0 unspecified atom stereocenters. The fourth-order valence-electron chi connectivity index (χ4n) is 4.28. The first-order valence-electron chi connectivity index (χ1n) is 11.7. The van der Waals surface area contributed by atoms with Gasteiger partial charge in [0, 0.05) is 30.4 Å². The van der Waals surface area contributed by atoms with Crippen molar-refractivity contribution in [2.75, 3.05) is 9.80 Å². The zero-order valence-corrected chi connectivity index (χ0v) is 20.7. The number of carbonyl (C=O) groups excluding carboxylic acids is 4. The average molecular weight is 588 g/mol. The number of imide groups is 2. The Morgan fingerprint density at radius 3 is 1.17 bits per heavy atom. The van der Waals surface area contributed by atoms with E-state index < -0.39 is 70.0 Å². The van der Waals surface area contributed by atoms with Crippen molar-refractivity contribution in [1.29, 1.82) is 0 Å². The molecule has 214 valence electrons. The van der Waals surface area contributed by atoms with Crippen LogP contribution >= 0.6 is 0 Å². The number of rotatable bonds is 6. The second-order valence-electron chi connectivity index (χ2n) is 8.67. The van der Waals surface area contributed by atoms with Crippen LogP contribution < -0.4 is 19.3 Å². The topological polar surface area (TPSA) is 93.2 Å². The third kappa shape index (κ3) is 5.21. The van der Waals surface area contributed by atoms with Crippen molar-refractivity contribution < 1.29 is 55.0 Å². The van der Waals surface area contributed by atoms with E-state index in [-0.39, 0.29) is 11.5 Å². The fraction of sp³-hybridized carbons (Fsp3) is 0.0714. The molecule has 0 spiro atoms. The lowest BCUT2D eigenvalue weighted by Gasteiger charge is -2.23. The van der Waals surface area contributed by atoms with Crippen molar-refractivity contribution in [3.05, 3.63) is 96.1 Å². The minimum atomic E-state index is -5.09. The van der Waals surface area contributed by atoms with Gasteiger partial charge in [-0.1, -0.05) is 18.2 Å². The van der Waals surface area contributed by atoms with Crippen LogP contribution in [0.2, 0.25) is 0 Å². The first kappa shape index (κ1) is 28.1. The van der Waals surface area contributed by atoms with E-state index in [1.54, 1.807) is 0 Å². The van der Waals surface area contributed by atoms with Gasteiger partial charge in [0.1, 0.15) is 34.1 Å². The fourth-order valence-corrected chi connectivity index (χ4v) is 4.28. The number of hydrogen-bond acceptors (Lipinski definition) is 6. The molecule has 0 saturated carbocycles. The Hall–Kier alpha value is -5.40. The Kier molecular flexibility index (Phi) is 6.84. The van der Waals surface area contributed by atoms with Gasteiger partial charge in [0.25, 0.3) is 23.6 Å². The van der Waals surface area contributed by atoms with E-state index in [0.717, 1.165) is 66.8 Å². The predicted molar refractivity (Wildman–Crippen MR) is 133 cm³/mol. The largest absolute Gasteiger partial charge is 0.457 e. The van der Waals surface area contributed by atoms with Gasteiger partial charge in [0.15, 0.2) is 0 Å². The van der Waals surface area contributed by atoms with Gasteiger partial charge in [-0.05, 0) is 36.4 Å². The van der Waals surface area contributed by atoms with E-state index in [9.17, 15) is 45.5 Å². The Morgan fingerprint density at radius 1 is 0.500 bits per heavy atom. The number of hydrogen-bond donors (Lipinski definition) is 0. The number of alkyl halides is 6. The summed E-state index contributed by atoms with van der Waals surface area (Å²) in [7, 11) is 0. The van der Waals surface area contributed by atoms with Crippen LogP contribution in [-0.2, 0) is 31.5 Å². The van der Waals surface area contributed by atoms with Gasteiger partial charge in [0.2, 0.25) is 0 Å². The molecule has 0 aliphatic carbocycles. The molecule has 3 aromatic carbocycles. The SMILES string of the molecule is O=C1C=CC(=O)N1c1cccc(Oc2cccc(Oc3cccc(N4C(=O)C=CC4=O)c3C(F)(F)F)c2)c1C(F)(F)F. The number of anilines is 2. The molecule has 0 fully saturated rings. The predicted octanol–water partition coefficient (Wildman–Crippen LogP) is 6.17. The molecule has 5 rings (SSSR count). The second kappa shape index (κ2) is 10.2. The van der Waals surface area contributed by atoms with Gasteiger partial charge < -0.3 is 9.47 Å². The molecule has 0 radical (unpaired) electrons. The molecule has 0 bridgehead atoms. The smallest absolute Gasteiger partial charge is 0.422 e. The van der Waals surface area contributed by atoms with Crippen molar-refractivity contribution in [3.8, 4) is 23.0 Å². The molecule has 0 N–H and O–H groups in total. The van der Waals surface area contributed by atoms with E-state index in [4.69, 9.17) is 9.47 Å². The second-order valence-corrected chi connectivity index (χ2v) is 8.67. The first-order valence-corrected chi connectivity index (χ1v) is 11.7. The normalized spacial score (nSPS) is 15.3. The zero-order chi connectivity index (χ0) is 30.4. The molecule has 2 heterocycles. The molecular formula is C28H14F6N2O6. The number of halogens is 6. The maximum Gasteiger partial charge on any atom is 0.422 e. The van der Waals surface area contributed by atoms with Gasteiger partial charge in [-0.15, -0.1) is 0 Å². The van der Waals surface area contributed by atoms with Crippen LogP contribution in [0.5, 0.6) is 23.0 Å². The molecule has 8 nitrogen and oxygen atoms in total. The van der Waals surface area contributed by atoms with Crippen molar-refractivity contribution in [3.63, 3.8) is 0 Å². The third-order valence-electron chi connectivity index (χ3n) is 5.94.